The number of amides is 2. The van der Waals surface area contributed by atoms with Crippen LogP contribution in [-0.2, 0) is 14.9 Å². The van der Waals surface area contributed by atoms with E-state index in [-0.39, 0.29) is 0 Å². The van der Waals surface area contributed by atoms with Gasteiger partial charge < -0.3 is 19.7 Å². The van der Waals surface area contributed by atoms with Gasteiger partial charge in [-0.1, -0.05) is 24.3 Å². The number of hydrogen-bond donors (Lipinski definition) is 4. The maximum atomic E-state index is 14.9. The lowest BCUT2D eigenvalue weighted by Gasteiger charge is -2.40. The van der Waals surface area contributed by atoms with Gasteiger partial charge in [-0.3, -0.25) is 10.6 Å². The number of benzene rings is 2. The van der Waals surface area contributed by atoms with E-state index in [9.17, 15) is 46.1 Å². The standard InChI is InChI=1S/C25H28F6N2O6/c1-21(2,3)38-19(36)32-17-13(9-7-11-15(17)34)23(24(26,27)28,25(29,30)31)14-10-8-12-16(35)18(14)33-20(37)39-22(4,5)6/h7-12,34-35H,1-6H3,(H,32,36)(H,33,37). The molecule has 4 N–H and O–H groups in total. The van der Waals surface area contributed by atoms with Gasteiger partial charge in [-0.15, -0.1) is 0 Å². The van der Waals surface area contributed by atoms with Crippen molar-refractivity contribution >= 4 is 23.6 Å². The first-order chi connectivity index (χ1) is 17.5. The molecule has 0 aliphatic rings. The molecule has 0 aliphatic heterocycles. The zero-order valence-electron chi connectivity index (χ0n) is 21.8. The topological polar surface area (TPSA) is 117 Å². The Morgan fingerprint density at radius 3 is 1.21 bits per heavy atom. The Balaban J connectivity index is 2.98. The summed E-state index contributed by atoms with van der Waals surface area (Å²) in [6.45, 7) is 8.39. The zero-order valence-corrected chi connectivity index (χ0v) is 21.8. The number of carbonyl (C=O) groups excluding carboxylic acids is 2. The highest BCUT2D eigenvalue weighted by Gasteiger charge is 2.74. The molecule has 0 heterocycles. The van der Waals surface area contributed by atoms with Gasteiger partial charge in [0.15, 0.2) is 0 Å². The number of rotatable bonds is 4. The molecular formula is C25H28F6N2O6. The fraction of sp³-hybridized carbons (Fsp3) is 0.440. The smallest absolute Gasteiger partial charge is 0.412 e. The highest BCUT2D eigenvalue weighted by Crippen LogP contribution is 2.60. The maximum absolute atomic E-state index is 14.9. The largest absolute Gasteiger partial charge is 0.506 e. The van der Waals surface area contributed by atoms with Gasteiger partial charge >= 0.3 is 24.5 Å². The fourth-order valence-electron chi connectivity index (χ4n) is 3.70. The summed E-state index contributed by atoms with van der Waals surface area (Å²) in [7, 11) is 0. The molecule has 0 spiro atoms. The van der Waals surface area contributed by atoms with E-state index in [1.54, 1.807) is 10.6 Å². The van der Waals surface area contributed by atoms with E-state index in [1.165, 1.54) is 41.5 Å². The summed E-state index contributed by atoms with van der Waals surface area (Å²) in [6.07, 6.45) is -15.3. The Kier molecular flexibility index (Phi) is 8.35. The Bertz CT molecular complexity index is 1130. The third-order valence-corrected chi connectivity index (χ3v) is 5.00. The summed E-state index contributed by atoms with van der Waals surface area (Å²) in [6, 6.07) is 3.73. The van der Waals surface area contributed by atoms with Gasteiger partial charge in [-0.05, 0) is 53.7 Å². The molecule has 2 aromatic rings. The third-order valence-electron chi connectivity index (χ3n) is 5.00. The number of alkyl halides is 6. The highest BCUT2D eigenvalue weighted by atomic mass is 19.4. The van der Waals surface area contributed by atoms with Crippen LogP contribution in [0.3, 0.4) is 0 Å². The van der Waals surface area contributed by atoms with E-state index in [1.807, 2.05) is 0 Å². The van der Waals surface area contributed by atoms with Crippen LogP contribution in [0.4, 0.5) is 47.3 Å². The van der Waals surface area contributed by atoms with Crippen LogP contribution >= 0.6 is 0 Å². The molecule has 216 valence electrons. The van der Waals surface area contributed by atoms with Crippen molar-refractivity contribution < 1.29 is 55.6 Å². The zero-order chi connectivity index (χ0) is 30.2. The van der Waals surface area contributed by atoms with Crippen LogP contribution in [0.5, 0.6) is 11.5 Å². The molecule has 2 aromatic carbocycles. The second-order valence-electron chi connectivity index (χ2n) is 10.4. The third kappa shape index (κ3) is 6.79. The van der Waals surface area contributed by atoms with Gasteiger partial charge in [-0.2, -0.15) is 26.3 Å². The number of phenols is 2. The van der Waals surface area contributed by atoms with Crippen molar-refractivity contribution in [3.63, 3.8) is 0 Å². The molecule has 0 aliphatic carbocycles. The summed E-state index contributed by atoms with van der Waals surface area (Å²) in [5.74, 6) is -2.28. The number of para-hydroxylation sites is 2. The second kappa shape index (κ2) is 10.4. The van der Waals surface area contributed by atoms with Gasteiger partial charge in [0.25, 0.3) is 0 Å². The van der Waals surface area contributed by atoms with Crippen molar-refractivity contribution in [2.75, 3.05) is 10.6 Å². The van der Waals surface area contributed by atoms with Crippen LogP contribution < -0.4 is 10.6 Å². The normalized spacial score (nSPS) is 13.0. The van der Waals surface area contributed by atoms with Crippen molar-refractivity contribution in [3.8, 4) is 11.5 Å². The van der Waals surface area contributed by atoms with E-state index in [0.29, 0.717) is 24.3 Å². The van der Waals surface area contributed by atoms with Crippen molar-refractivity contribution in [2.45, 2.75) is 70.5 Å². The van der Waals surface area contributed by atoms with Crippen LogP contribution in [0, 0.1) is 0 Å². The Labute approximate surface area is 219 Å². The summed E-state index contributed by atoms with van der Waals surface area (Å²) in [4.78, 5) is 24.7. The molecule has 2 rings (SSSR count). The number of ether oxygens (including phenoxy) is 2. The maximum Gasteiger partial charge on any atom is 0.412 e. The molecule has 39 heavy (non-hydrogen) atoms. The van der Waals surface area contributed by atoms with Crippen molar-refractivity contribution in [1.82, 2.24) is 0 Å². The highest BCUT2D eigenvalue weighted by molar-refractivity contribution is 5.91. The minimum absolute atomic E-state index is 0.398. The number of aromatic hydroxyl groups is 2. The van der Waals surface area contributed by atoms with Gasteiger partial charge in [0.05, 0.1) is 11.4 Å². The number of halogens is 6. The van der Waals surface area contributed by atoms with Gasteiger partial charge in [0, 0.05) is 11.1 Å². The monoisotopic (exact) mass is 566 g/mol. The lowest BCUT2D eigenvalue weighted by molar-refractivity contribution is -0.288. The Morgan fingerprint density at radius 1 is 0.641 bits per heavy atom. The summed E-state index contributed by atoms with van der Waals surface area (Å²) >= 11 is 0. The van der Waals surface area contributed by atoms with E-state index in [4.69, 9.17) is 9.47 Å². The SMILES string of the molecule is CC(C)(C)OC(=O)Nc1c(O)cccc1C(c1cccc(O)c1NC(=O)OC(C)(C)C)(C(F)(F)F)C(F)(F)F. The summed E-state index contributed by atoms with van der Waals surface area (Å²) in [5.41, 5.74) is -13.2. The molecule has 0 fully saturated rings. The molecule has 2 amide bonds. The number of carbonyl (C=O) groups is 2. The van der Waals surface area contributed by atoms with Gasteiger partial charge in [0.1, 0.15) is 22.7 Å². The average Bonchev–Trinajstić information content (AvgIpc) is 2.68. The molecule has 0 unspecified atom stereocenters. The minimum atomic E-state index is -6.22. The lowest BCUT2D eigenvalue weighted by Crippen LogP contribution is -2.55. The van der Waals surface area contributed by atoms with E-state index in [0.717, 1.165) is 12.1 Å². The number of hydrogen-bond acceptors (Lipinski definition) is 6. The molecule has 0 atom stereocenters. The van der Waals surface area contributed by atoms with Gasteiger partial charge in [-0.25, -0.2) is 9.59 Å². The summed E-state index contributed by atoms with van der Waals surface area (Å²) < 4.78 is 99.4. The van der Waals surface area contributed by atoms with E-state index < -0.39 is 75.2 Å². The minimum Gasteiger partial charge on any atom is -0.506 e. The Morgan fingerprint density at radius 2 is 0.949 bits per heavy atom. The summed E-state index contributed by atoms with van der Waals surface area (Å²) in [5, 5.41) is 24.2. The fourth-order valence-corrected chi connectivity index (χ4v) is 3.70. The first-order valence-electron chi connectivity index (χ1n) is 11.3. The van der Waals surface area contributed by atoms with Crippen LogP contribution in [0.25, 0.3) is 0 Å². The van der Waals surface area contributed by atoms with Gasteiger partial charge in [0.2, 0.25) is 5.41 Å². The molecule has 0 saturated carbocycles. The molecular weight excluding hydrogens is 538 g/mol. The van der Waals surface area contributed by atoms with Crippen LogP contribution in [0.1, 0.15) is 52.7 Å². The predicted octanol–water partition coefficient (Wildman–Crippen LogP) is 7.20. The molecule has 0 bridgehead atoms. The quantitative estimate of drug-likeness (QED) is 0.230. The van der Waals surface area contributed by atoms with Crippen molar-refractivity contribution in [2.24, 2.45) is 0 Å². The van der Waals surface area contributed by atoms with Crippen molar-refractivity contribution in [1.29, 1.82) is 0 Å². The van der Waals surface area contributed by atoms with Crippen LogP contribution in [0.15, 0.2) is 36.4 Å². The number of nitrogens with one attached hydrogen (secondary N) is 2. The molecule has 14 heteroatoms. The van der Waals surface area contributed by atoms with E-state index in [2.05, 4.69) is 0 Å². The molecule has 0 radical (unpaired) electrons. The predicted molar refractivity (Wildman–Crippen MR) is 129 cm³/mol. The first kappa shape index (κ1) is 31.4. The molecule has 0 aromatic heterocycles. The van der Waals surface area contributed by atoms with E-state index >= 15 is 0 Å². The number of phenolic OH excluding ortho intramolecular Hbond substituents is 2. The number of anilines is 2. The van der Waals surface area contributed by atoms with Crippen LogP contribution in [0.2, 0.25) is 0 Å². The van der Waals surface area contributed by atoms with Crippen LogP contribution in [-0.4, -0.2) is 46.0 Å². The molecule has 0 saturated heterocycles. The lowest BCUT2D eigenvalue weighted by atomic mass is 9.71. The van der Waals surface area contributed by atoms with Crippen molar-refractivity contribution in [3.05, 3.63) is 47.5 Å². The first-order valence-corrected chi connectivity index (χ1v) is 11.3. The average molecular weight is 566 g/mol. The Hall–Kier alpha value is -3.84. The second-order valence-corrected chi connectivity index (χ2v) is 10.4. The molecule has 8 nitrogen and oxygen atoms in total.